The van der Waals surface area contributed by atoms with Crippen molar-refractivity contribution in [2.24, 2.45) is 5.92 Å². The van der Waals surface area contributed by atoms with Gasteiger partial charge in [0.15, 0.2) is 0 Å². The zero-order valence-electron chi connectivity index (χ0n) is 15.3. The van der Waals surface area contributed by atoms with Gasteiger partial charge < -0.3 is 9.80 Å². The summed E-state index contributed by atoms with van der Waals surface area (Å²) in [5.41, 5.74) is 0. The first-order chi connectivity index (χ1) is 12.4. The van der Waals surface area contributed by atoms with E-state index in [4.69, 9.17) is 0 Å². The van der Waals surface area contributed by atoms with Crippen molar-refractivity contribution in [2.75, 3.05) is 67.1 Å². The van der Waals surface area contributed by atoms with Crippen LogP contribution in [0.4, 0.5) is 11.6 Å². The fraction of sp³-hybridized carbons (Fsp3) is 0.789. The first kappa shape index (κ1) is 17.4. The maximum Gasteiger partial charge on any atom is 0.134 e. The molecule has 0 spiro atoms. The Balaban J connectivity index is 1.31. The smallest absolute Gasteiger partial charge is 0.134 e. The molecule has 138 valence electrons. The van der Waals surface area contributed by atoms with Crippen LogP contribution in [0.2, 0.25) is 0 Å². The minimum Gasteiger partial charge on any atom is -0.355 e. The fourth-order valence-electron chi connectivity index (χ4n) is 4.37. The summed E-state index contributed by atoms with van der Waals surface area (Å²) in [4.78, 5) is 16.6. The maximum absolute atomic E-state index is 4.56. The van der Waals surface area contributed by atoms with Crippen LogP contribution < -0.4 is 9.80 Å². The van der Waals surface area contributed by atoms with Crippen LogP contribution in [0, 0.1) is 5.92 Å². The van der Waals surface area contributed by atoms with Gasteiger partial charge in [0, 0.05) is 63.4 Å². The minimum atomic E-state index is 0.947. The molecule has 0 N–H and O–H groups in total. The summed E-state index contributed by atoms with van der Waals surface area (Å²) in [5.74, 6) is 5.58. The Labute approximate surface area is 156 Å². The van der Waals surface area contributed by atoms with Crippen LogP contribution in [0.1, 0.15) is 32.1 Å². The Kier molecular flexibility index (Phi) is 5.98. The summed E-state index contributed by atoms with van der Waals surface area (Å²) in [7, 11) is 0. The highest BCUT2D eigenvalue weighted by atomic mass is 32.2. The van der Waals surface area contributed by atoms with E-state index in [2.05, 4.69) is 30.7 Å². The molecule has 1 aromatic heterocycles. The first-order valence-electron chi connectivity index (χ1n) is 10.0. The van der Waals surface area contributed by atoms with Crippen LogP contribution in [-0.2, 0) is 0 Å². The third-order valence-electron chi connectivity index (χ3n) is 5.91. The summed E-state index contributed by atoms with van der Waals surface area (Å²) < 4.78 is 0. The molecule has 0 bridgehead atoms. The van der Waals surface area contributed by atoms with E-state index >= 15 is 0 Å². The molecule has 3 aliphatic rings. The summed E-state index contributed by atoms with van der Waals surface area (Å²) in [5, 5.41) is 0. The summed E-state index contributed by atoms with van der Waals surface area (Å²) in [6.07, 6.45) is 9.00. The Hall–Kier alpha value is -1.01. The van der Waals surface area contributed by atoms with Crippen molar-refractivity contribution in [1.29, 1.82) is 0 Å². The van der Waals surface area contributed by atoms with Gasteiger partial charge in [-0.2, -0.15) is 11.8 Å². The number of aromatic nitrogens is 2. The van der Waals surface area contributed by atoms with E-state index in [0.29, 0.717) is 0 Å². The standard InChI is InChI=1S/C19H31N5S/c1-2-4-17(5-3-1)15-22-6-8-23(9-7-22)18-14-19(21-16-20-18)24-10-12-25-13-11-24/h14,16-17H,1-13,15H2. The van der Waals surface area contributed by atoms with Crippen molar-refractivity contribution < 1.29 is 0 Å². The molecule has 0 aromatic carbocycles. The Morgan fingerprint density at radius 1 is 0.840 bits per heavy atom. The molecular weight excluding hydrogens is 330 g/mol. The zero-order chi connectivity index (χ0) is 16.9. The van der Waals surface area contributed by atoms with Crippen molar-refractivity contribution in [3.05, 3.63) is 12.4 Å². The molecule has 1 saturated carbocycles. The van der Waals surface area contributed by atoms with Gasteiger partial charge in [-0.05, 0) is 18.8 Å². The topological polar surface area (TPSA) is 35.5 Å². The summed E-state index contributed by atoms with van der Waals surface area (Å²) in [6, 6.07) is 2.20. The highest BCUT2D eigenvalue weighted by Crippen LogP contribution is 2.26. The number of hydrogen-bond acceptors (Lipinski definition) is 6. The quantitative estimate of drug-likeness (QED) is 0.821. The normalized spacial score (nSPS) is 23.8. The molecule has 0 radical (unpaired) electrons. The largest absolute Gasteiger partial charge is 0.355 e. The number of piperazine rings is 1. The molecule has 3 heterocycles. The predicted molar refractivity (Wildman–Crippen MR) is 107 cm³/mol. The van der Waals surface area contributed by atoms with Gasteiger partial charge in [-0.3, -0.25) is 4.90 Å². The third-order valence-corrected chi connectivity index (χ3v) is 6.85. The van der Waals surface area contributed by atoms with Gasteiger partial charge in [-0.1, -0.05) is 19.3 Å². The molecule has 0 unspecified atom stereocenters. The summed E-state index contributed by atoms with van der Waals surface area (Å²) >= 11 is 2.04. The van der Waals surface area contributed by atoms with E-state index in [0.717, 1.165) is 43.7 Å². The maximum atomic E-state index is 4.56. The SMILES string of the molecule is c1nc(N2CCSCC2)cc(N2CCN(CC3CCCCC3)CC2)n1. The van der Waals surface area contributed by atoms with E-state index in [1.807, 2.05) is 11.8 Å². The zero-order valence-corrected chi connectivity index (χ0v) is 16.1. The minimum absolute atomic E-state index is 0.947. The lowest BCUT2D eigenvalue weighted by Crippen LogP contribution is -2.48. The van der Waals surface area contributed by atoms with Crippen LogP contribution in [0.15, 0.2) is 12.4 Å². The molecule has 5 nitrogen and oxygen atoms in total. The van der Waals surface area contributed by atoms with Gasteiger partial charge in [0.2, 0.25) is 0 Å². The van der Waals surface area contributed by atoms with Gasteiger partial charge in [-0.25, -0.2) is 9.97 Å². The van der Waals surface area contributed by atoms with E-state index < -0.39 is 0 Å². The second-order valence-corrected chi connectivity index (χ2v) is 8.85. The third kappa shape index (κ3) is 4.59. The molecule has 25 heavy (non-hydrogen) atoms. The van der Waals surface area contributed by atoms with Gasteiger partial charge in [0.05, 0.1) is 0 Å². The molecule has 0 amide bonds. The van der Waals surface area contributed by atoms with E-state index in [1.165, 1.54) is 63.2 Å². The van der Waals surface area contributed by atoms with Crippen molar-refractivity contribution in [2.45, 2.75) is 32.1 Å². The fourth-order valence-corrected chi connectivity index (χ4v) is 5.27. The Morgan fingerprint density at radius 2 is 1.48 bits per heavy atom. The number of rotatable bonds is 4. The van der Waals surface area contributed by atoms with Crippen LogP contribution in [0.3, 0.4) is 0 Å². The molecule has 1 aromatic rings. The van der Waals surface area contributed by atoms with E-state index in [9.17, 15) is 0 Å². The van der Waals surface area contributed by atoms with Crippen LogP contribution >= 0.6 is 11.8 Å². The van der Waals surface area contributed by atoms with E-state index in [1.54, 1.807) is 6.33 Å². The van der Waals surface area contributed by atoms with Crippen molar-refractivity contribution in [3.63, 3.8) is 0 Å². The lowest BCUT2D eigenvalue weighted by Gasteiger charge is -2.38. The second kappa shape index (κ2) is 8.58. The average Bonchev–Trinajstić information content (AvgIpc) is 2.70. The monoisotopic (exact) mass is 361 g/mol. The molecule has 4 rings (SSSR count). The van der Waals surface area contributed by atoms with Gasteiger partial charge in [-0.15, -0.1) is 0 Å². The number of anilines is 2. The second-order valence-electron chi connectivity index (χ2n) is 7.63. The Bertz CT molecular complexity index is 534. The van der Waals surface area contributed by atoms with Gasteiger partial charge >= 0.3 is 0 Å². The van der Waals surface area contributed by atoms with Crippen LogP contribution in [-0.4, -0.2) is 72.2 Å². The number of nitrogens with zero attached hydrogens (tertiary/aromatic N) is 5. The molecule has 2 aliphatic heterocycles. The predicted octanol–water partition coefficient (Wildman–Crippen LogP) is 2.73. The van der Waals surface area contributed by atoms with Crippen LogP contribution in [0.25, 0.3) is 0 Å². The molecule has 2 saturated heterocycles. The molecular formula is C19H31N5S. The van der Waals surface area contributed by atoms with Crippen molar-refractivity contribution in [1.82, 2.24) is 14.9 Å². The highest BCUT2D eigenvalue weighted by molar-refractivity contribution is 7.99. The molecule has 6 heteroatoms. The lowest BCUT2D eigenvalue weighted by molar-refractivity contribution is 0.192. The lowest BCUT2D eigenvalue weighted by atomic mass is 9.89. The molecule has 1 aliphatic carbocycles. The molecule has 3 fully saturated rings. The van der Waals surface area contributed by atoms with Gasteiger partial charge in [0.25, 0.3) is 0 Å². The summed E-state index contributed by atoms with van der Waals surface area (Å²) in [6.45, 7) is 8.07. The number of thioether (sulfide) groups is 1. The van der Waals surface area contributed by atoms with Crippen LogP contribution in [0.5, 0.6) is 0 Å². The van der Waals surface area contributed by atoms with Crippen molar-refractivity contribution >= 4 is 23.4 Å². The first-order valence-corrected chi connectivity index (χ1v) is 11.2. The van der Waals surface area contributed by atoms with E-state index in [-0.39, 0.29) is 0 Å². The average molecular weight is 362 g/mol. The highest BCUT2D eigenvalue weighted by Gasteiger charge is 2.23. The Morgan fingerprint density at radius 3 is 2.16 bits per heavy atom. The molecule has 0 atom stereocenters. The van der Waals surface area contributed by atoms with Gasteiger partial charge in [0.1, 0.15) is 18.0 Å². The van der Waals surface area contributed by atoms with Crippen molar-refractivity contribution in [3.8, 4) is 0 Å². The number of hydrogen-bond donors (Lipinski definition) is 0.